The van der Waals surface area contributed by atoms with E-state index >= 15 is 0 Å². The smallest absolute Gasteiger partial charge is 0.144 e. The Hall–Kier alpha value is -3.98. The van der Waals surface area contributed by atoms with Gasteiger partial charge in [-0.15, -0.1) is 0 Å². The van der Waals surface area contributed by atoms with Crippen LogP contribution in [0.4, 0.5) is 0 Å². The predicted molar refractivity (Wildman–Crippen MR) is 141 cm³/mol. The minimum Gasteiger partial charge on any atom is -0.385 e. The van der Waals surface area contributed by atoms with Crippen LogP contribution in [0.5, 0.6) is 0 Å². The molecule has 35 heavy (non-hydrogen) atoms. The second kappa shape index (κ2) is 10.5. The SMILES string of the molecule is O[C@@H](c1ccccc1)[C@@H](OC(c1ccccc1)(c1ccccc1)c1ccccc1)c1ccccc1. The molecule has 0 spiro atoms. The number of hydrogen-bond donors (Lipinski definition) is 1. The first-order valence-electron chi connectivity index (χ1n) is 11.9. The van der Waals surface area contributed by atoms with E-state index in [0.717, 1.165) is 27.8 Å². The van der Waals surface area contributed by atoms with Crippen LogP contribution in [0.25, 0.3) is 0 Å². The maximum Gasteiger partial charge on any atom is 0.144 e. The van der Waals surface area contributed by atoms with Gasteiger partial charge in [-0.2, -0.15) is 0 Å². The first-order valence-corrected chi connectivity index (χ1v) is 11.9. The van der Waals surface area contributed by atoms with Crippen molar-refractivity contribution in [1.29, 1.82) is 0 Å². The molecule has 0 saturated carbocycles. The molecule has 0 amide bonds. The molecule has 0 aliphatic rings. The zero-order valence-corrected chi connectivity index (χ0v) is 19.4. The van der Waals surface area contributed by atoms with Crippen LogP contribution in [0.1, 0.15) is 40.0 Å². The van der Waals surface area contributed by atoms with Crippen molar-refractivity contribution in [2.75, 3.05) is 0 Å². The molecule has 0 aliphatic carbocycles. The van der Waals surface area contributed by atoms with Gasteiger partial charge >= 0.3 is 0 Å². The molecular formula is C33H28O2. The molecule has 0 aliphatic heterocycles. The Morgan fingerprint density at radius 1 is 0.429 bits per heavy atom. The third kappa shape index (κ3) is 4.67. The van der Waals surface area contributed by atoms with E-state index in [1.165, 1.54) is 0 Å². The molecule has 5 aromatic rings. The van der Waals surface area contributed by atoms with Crippen LogP contribution in [0.3, 0.4) is 0 Å². The molecule has 0 fully saturated rings. The monoisotopic (exact) mass is 456 g/mol. The van der Waals surface area contributed by atoms with E-state index in [1.54, 1.807) is 0 Å². The van der Waals surface area contributed by atoms with Gasteiger partial charge in [-0.1, -0.05) is 152 Å². The van der Waals surface area contributed by atoms with Crippen molar-refractivity contribution >= 4 is 0 Å². The van der Waals surface area contributed by atoms with Crippen molar-refractivity contribution in [3.8, 4) is 0 Å². The molecule has 172 valence electrons. The maximum absolute atomic E-state index is 11.7. The first-order chi connectivity index (χ1) is 17.3. The first kappa shape index (κ1) is 22.8. The van der Waals surface area contributed by atoms with Crippen molar-refractivity contribution in [2.45, 2.75) is 17.8 Å². The third-order valence-corrected chi connectivity index (χ3v) is 6.40. The number of aliphatic hydroxyl groups is 1. The molecule has 1 N–H and O–H groups in total. The van der Waals surface area contributed by atoms with Crippen molar-refractivity contribution in [3.05, 3.63) is 179 Å². The molecule has 0 bridgehead atoms. The average molecular weight is 457 g/mol. The van der Waals surface area contributed by atoms with Gasteiger partial charge < -0.3 is 9.84 Å². The van der Waals surface area contributed by atoms with E-state index in [1.807, 2.05) is 115 Å². The summed E-state index contributed by atoms with van der Waals surface area (Å²) in [6.07, 6.45) is -1.49. The summed E-state index contributed by atoms with van der Waals surface area (Å²) in [6.45, 7) is 0. The number of aliphatic hydroxyl groups excluding tert-OH is 1. The van der Waals surface area contributed by atoms with E-state index < -0.39 is 17.8 Å². The largest absolute Gasteiger partial charge is 0.385 e. The van der Waals surface area contributed by atoms with Crippen molar-refractivity contribution in [2.24, 2.45) is 0 Å². The Bertz CT molecular complexity index is 1210. The van der Waals surface area contributed by atoms with Gasteiger partial charge in [0.25, 0.3) is 0 Å². The fraction of sp³-hybridized carbons (Fsp3) is 0.0909. The minimum atomic E-state index is -0.944. The second-order valence-electron chi connectivity index (χ2n) is 8.58. The Balaban J connectivity index is 1.75. The molecule has 2 nitrogen and oxygen atoms in total. The van der Waals surface area contributed by atoms with E-state index in [2.05, 4.69) is 36.4 Å². The summed E-state index contributed by atoms with van der Waals surface area (Å²) in [7, 11) is 0. The van der Waals surface area contributed by atoms with Gasteiger partial charge in [0.15, 0.2) is 0 Å². The lowest BCUT2D eigenvalue weighted by atomic mass is 9.79. The van der Waals surface area contributed by atoms with Gasteiger partial charge in [0, 0.05) is 0 Å². The zero-order valence-electron chi connectivity index (χ0n) is 19.4. The third-order valence-electron chi connectivity index (χ3n) is 6.40. The molecule has 5 aromatic carbocycles. The van der Waals surface area contributed by atoms with Crippen molar-refractivity contribution < 1.29 is 9.84 Å². The van der Waals surface area contributed by atoms with Gasteiger partial charge in [0.2, 0.25) is 0 Å². The van der Waals surface area contributed by atoms with Gasteiger partial charge in [-0.05, 0) is 27.8 Å². The van der Waals surface area contributed by atoms with Gasteiger partial charge in [0.1, 0.15) is 17.8 Å². The van der Waals surface area contributed by atoms with Crippen LogP contribution >= 0.6 is 0 Å². The Kier molecular flexibility index (Phi) is 6.85. The van der Waals surface area contributed by atoms with Gasteiger partial charge in [0.05, 0.1) is 0 Å². The van der Waals surface area contributed by atoms with Gasteiger partial charge in [-0.25, -0.2) is 0 Å². The number of rotatable bonds is 8. The van der Waals surface area contributed by atoms with Crippen LogP contribution in [0.2, 0.25) is 0 Å². The number of ether oxygens (including phenoxy) is 1. The molecular weight excluding hydrogens is 428 g/mol. The van der Waals surface area contributed by atoms with E-state index in [4.69, 9.17) is 4.74 Å². The maximum atomic E-state index is 11.7. The summed E-state index contributed by atoms with van der Waals surface area (Å²) in [6, 6.07) is 50.5. The summed E-state index contributed by atoms with van der Waals surface area (Å²) in [5.74, 6) is 0. The fourth-order valence-electron chi connectivity index (χ4n) is 4.70. The Morgan fingerprint density at radius 3 is 1.11 bits per heavy atom. The highest BCUT2D eigenvalue weighted by molar-refractivity contribution is 5.48. The minimum absolute atomic E-state index is 0.626. The van der Waals surface area contributed by atoms with Crippen LogP contribution in [-0.2, 0) is 10.3 Å². The fourth-order valence-corrected chi connectivity index (χ4v) is 4.70. The highest BCUT2D eigenvalue weighted by Gasteiger charge is 2.42. The molecule has 0 unspecified atom stereocenters. The molecule has 0 radical (unpaired) electrons. The lowest BCUT2D eigenvalue weighted by Gasteiger charge is -2.40. The quantitative estimate of drug-likeness (QED) is 0.245. The number of benzene rings is 5. The van der Waals surface area contributed by atoms with E-state index in [0.29, 0.717) is 0 Å². The van der Waals surface area contributed by atoms with Crippen LogP contribution in [0.15, 0.2) is 152 Å². The number of hydrogen-bond acceptors (Lipinski definition) is 2. The summed E-state index contributed by atoms with van der Waals surface area (Å²) < 4.78 is 7.25. The van der Waals surface area contributed by atoms with E-state index in [9.17, 15) is 5.11 Å². The van der Waals surface area contributed by atoms with Crippen LogP contribution in [0, 0.1) is 0 Å². The van der Waals surface area contributed by atoms with E-state index in [-0.39, 0.29) is 0 Å². The summed E-state index contributed by atoms with van der Waals surface area (Å²) >= 11 is 0. The van der Waals surface area contributed by atoms with Crippen molar-refractivity contribution in [3.63, 3.8) is 0 Å². The summed E-state index contributed by atoms with van der Waals surface area (Å²) in [4.78, 5) is 0. The van der Waals surface area contributed by atoms with Crippen LogP contribution < -0.4 is 0 Å². The molecule has 0 heterocycles. The highest BCUT2D eigenvalue weighted by Crippen LogP contribution is 2.46. The van der Waals surface area contributed by atoms with Crippen molar-refractivity contribution in [1.82, 2.24) is 0 Å². The standard InChI is InChI=1S/C33H28O2/c34-31(26-16-6-1-7-17-26)32(27-18-8-2-9-19-27)35-33(28-20-10-3-11-21-28,29-22-12-4-13-23-29)30-24-14-5-15-25-30/h1-25,31-32,34H/t31-,32-/m0/s1. The molecule has 2 heteroatoms. The molecule has 2 atom stereocenters. The molecule has 0 saturated heterocycles. The lowest BCUT2D eigenvalue weighted by molar-refractivity contribution is -0.107. The molecule has 5 rings (SSSR count). The Morgan fingerprint density at radius 2 is 0.743 bits per heavy atom. The highest BCUT2D eigenvalue weighted by atomic mass is 16.5. The topological polar surface area (TPSA) is 29.5 Å². The van der Waals surface area contributed by atoms with Crippen LogP contribution in [-0.4, -0.2) is 5.11 Å². The second-order valence-corrected chi connectivity index (χ2v) is 8.58. The normalized spacial score (nSPS) is 13.2. The molecule has 0 aromatic heterocycles. The summed E-state index contributed by atoms with van der Waals surface area (Å²) in [5.41, 5.74) is 3.77. The Labute approximate surface area is 207 Å². The van der Waals surface area contributed by atoms with Gasteiger partial charge in [-0.3, -0.25) is 0 Å². The predicted octanol–water partition coefficient (Wildman–Crippen LogP) is 7.47. The summed E-state index contributed by atoms with van der Waals surface area (Å²) in [5, 5.41) is 11.7. The zero-order chi connectivity index (χ0) is 23.9. The average Bonchev–Trinajstić information content (AvgIpc) is 2.96. The lowest BCUT2D eigenvalue weighted by Crippen LogP contribution is -2.36.